The Morgan fingerprint density at radius 1 is 1.12 bits per heavy atom. The van der Waals surface area contributed by atoms with Crippen molar-refractivity contribution in [3.8, 4) is 0 Å². The van der Waals surface area contributed by atoms with Crippen LogP contribution in [0.4, 0.5) is 10.1 Å². The summed E-state index contributed by atoms with van der Waals surface area (Å²) >= 11 is 0. The fourth-order valence-corrected chi connectivity index (χ4v) is 3.03. The van der Waals surface area contributed by atoms with E-state index in [4.69, 9.17) is 11.0 Å². The number of rotatable bonds is 2. The van der Waals surface area contributed by atoms with Crippen LogP contribution in [0.1, 0.15) is 44.5 Å². The van der Waals surface area contributed by atoms with Gasteiger partial charge in [0.2, 0.25) is 11.8 Å². The molecule has 0 aliphatic carbocycles. The second-order valence-electron chi connectivity index (χ2n) is 5.70. The van der Waals surface area contributed by atoms with E-state index >= 15 is 4.39 Å². The Kier molecular flexibility index (Phi) is 2.32. The number of halogens is 1. The zero-order valence-corrected chi connectivity index (χ0v) is 13.1. The second kappa shape index (κ2) is 6.17. The molecular formula is C17H17FN4O4. The van der Waals surface area contributed by atoms with Crippen LogP contribution in [0.3, 0.4) is 0 Å². The molecule has 4 rings (SSSR count). The van der Waals surface area contributed by atoms with Crippen molar-refractivity contribution >= 4 is 29.3 Å². The third-order valence-electron chi connectivity index (χ3n) is 4.23. The molecule has 26 heavy (non-hydrogen) atoms. The van der Waals surface area contributed by atoms with Crippen LogP contribution in [-0.4, -0.2) is 60.6 Å². The molecule has 3 aliphatic rings. The predicted molar refractivity (Wildman–Crippen MR) is 88.2 cm³/mol. The van der Waals surface area contributed by atoms with E-state index in [1.165, 1.54) is 0 Å². The van der Waals surface area contributed by atoms with Crippen molar-refractivity contribution in [1.29, 1.82) is 0 Å². The molecule has 4 amide bonds. The zero-order chi connectivity index (χ0) is 25.6. The highest BCUT2D eigenvalue weighted by atomic mass is 19.1. The number of piperazine rings is 1. The minimum Gasteiger partial charge on any atom is -0.367 e. The van der Waals surface area contributed by atoms with Crippen molar-refractivity contribution in [3.63, 3.8) is 0 Å². The average Bonchev–Trinajstić information content (AvgIpc) is 2.93. The van der Waals surface area contributed by atoms with Crippen LogP contribution in [0.5, 0.6) is 0 Å². The monoisotopic (exact) mass is 368 g/mol. The van der Waals surface area contributed by atoms with Gasteiger partial charge < -0.3 is 10.2 Å². The van der Waals surface area contributed by atoms with Gasteiger partial charge in [0.05, 0.1) is 22.3 Å². The molecule has 1 aromatic carbocycles. The highest BCUT2D eigenvalue weighted by molar-refractivity contribution is 6.24. The number of hydrogen-bond acceptors (Lipinski definition) is 6. The number of amides is 4. The van der Waals surface area contributed by atoms with Gasteiger partial charge in [0.1, 0.15) is 6.04 Å². The Morgan fingerprint density at radius 3 is 2.54 bits per heavy atom. The van der Waals surface area contributed by atoms with E-state index in [1.807, 2.05) is 5.32 Å². The van der Waals surface area contributed by atoms with Gasteiger partial charge in [-0.3, -0.25) is 29.4 Å². The molecule has 2 N–H and O–H groups in total. The largest absolute Gasteiger partial charge is 0.367 e. The Bertz CT molecular complexity index is 1130. The molecule has 0 saturated carbocycles. The SMILES string of the molecule is [2H]C1([2H])NC([2H])([2H])C([2H])([2H])N(c2ccc3c(c2F)C(=O)N(C2CCC(=O)NC2=O)C3=O)C1([2H])[2H]. The number of hydrogen-bond donors (Lipinski definition) is 2. The van der Waals surface area contributed by atoms with Gasteiger partial charge in [-0.1, -0.05) is 0 Å². The van der Waals surface area contributed by atoms with E-state index < -0.39 is 78.3 Å². The molecule has 0 radical (unpaired) electrons. The number of imide groups is 2. The van der Waals surface area contributed by atoms with Gasteiger partial charge in [0, 0.05) is 37.9 Å². The Balaban J connectivity index is 1.84. The van der Waals surface area contributed by atoms with Crippen molar-refractivity contribution in [2.45, 2.75) is 18.9 Å². The van der Waals surface area contributed by atoms with Gasteiger partial charge in [0.15, 0.2) is 5.82 Å². The molecule has 2 saturated heterocycles. The summed E-state index contributed by atoms with van der Waals surface area (Å²) in [6.45, 7) is -13.2. The summed E-state index contributed by atoms with van der Waals surface area (Å²) in [5, 5.41) is 3.59. The molecule has 0 aromatic heterocycles. The molecule has 1 aromatic rings. The number of carbonyl (C=O) groups is 4. The Labute approximate surface area is 159 Å². The first-order valence-electron chi connectivity index (χ1n) is 11.6. The Hall–Kier alpha value is -2.81. The molecule has 0 bridgehead atoms. The maximum Gasteiger partial charge on any atom is 0.265 e. The lowest BCUT2D eigenvalue weighted by molar-refractivity contribution is -0.136. The number of carbonyl (C=O) groups excluding carboxylic acids is 4. The van der Waals surface area contributed by atoms with Crippen LogP contribution >= 0.6 is 0 Å². The third kappa shape index (κ3) is 2.47. The van der Waals surface area contributed by atoms with Crippen LogP contribution < -0.4 is 15.5 Å². The normalized spacial score (nSPS) is 35.7. The van der Waals surface area contributed by atoms with Crippen molar-refractivity contribution in [1.82, 2.24) is 15.5 Å². The van der Waals surface area contributed by atoms with Gasteiger partial charge >= 0.3 is 0 Å². The molecule has 1 unspecified atom stereocenters. The molecule has 8 nitrogen and oxygen atoms in total. The highest BCUT2D eigenvalue weighted by Gasteiger charge is 2.46. The van der Waals surface area contributed by atoms with Gasteiger partial charge in [-0.05, 0) is 18.6 Å². The third-order valence-corrected chi connectivity index (χ3v) is 4.23. The van der Waals surface area contributed by atoms with Crippen molar-refractivity contribution in [2.24, 2.45) is 0 Å². The first-order valence-corrected chi connectivity index (χ1v) is 7.59. The average molecular weight is 368 g/mol. The summed E-state index contributed by atoms with van der Waals surface area (Å²) in [6.07, 6.45) is -0.378. The van der Waals surface area contributed by atoms with E-state index in [-0.39, 0.29) is 17.7 Å². The smallest absolute Gasteiger partial charge is 0.265 e. The van der Waals surface area contributed by atoms with E-state index in [0.29, 0.717) is 4.90 Å². The van der Waals surface area contributed by atoms with Crippen LogP contribution in [0.25, 0.3) is 0 Å². The summed E-state index contributed by atoms with van der Waals surface area (Å²) in [7, 11) is 0. The van der Waals surface area contributed by atoms with Gasteiger partial charge in [-0.15, -0.1) is 0 Å². The van der Waals surface area contributed by atoms with E-state index in [9.17, 15) is 19.2 Å². The van der Waals surface area contributed by atoms with Crippen molar-refractivity contribution in [3.05, 3.63) is 29.1 Å². The van der Waals surface area contributed by atoms with Crippen LogP contribution in [0.2, 0.25) is 0 Å². The number of anilines is 1. The number of nitrogens with zero attached hydrogens (tertiary/aromatic N) is 2. The minimum atomic E-state index is -3.37. The fraction of sp³-hybridized carbons (Fsp3) is 0.412. The van der Waals surface area contributed by atoms with Crippen molar-refractivity contribution < 1.29 is 34.5 Å². The number of nitrogens with one attached hydrogen (secondary N) is 2. The van der Waals surface area contributed by atoms with E-state index in [1.54, 1.807) is 5.32 Å². The first kappa shape index (κ1) is 9.77. The first-order chi connectivity index (χ1) is 15.5. The van der Waals surface area contributed by atoms with Gasteiger partial charge in [-0.25, -0.2) is 4.39 Å². The summed E-state index contributed by atoms with van der Waals surface area (Å²) < 4.78 is 79.6. The van der Waals surface area contributed by atoms with Crippen LogP contribution in [0.15, 0.2) is 12.1 Å². The Morgan fingerprint density at radius 2 is 1.85 bits per heavy atom. The summed E-state index contributed by atoms with van der Waals surface area (Å²) in [5.74, 6) is -5.49. The van der Waals surface area contributed by atoms with E-state index in [0.717, 1.165) is 12.1 Å². The van der Waals surface area contributed by atoms with Gasteiger partial charge in [-0.2, -0.15) is 0 Å². The standard InChI is InChI=1S/C17H17FN4O4/c18-14-10(21-7-5-19-6-8-21)2-1-9-13(14)17(26)22(16(9)25)11-3-4-12(23)20-15(11)24/h1-2,11,19H,3-8H2,(H,20,23,24)/i5D2,6D2,7D2,8D2. The summed E-state index contributed by atoms with van der Waals surface area (Å²) in [6, 6.07) is 0.216. The topological polar surface area (TPSA) is 98.8 Å². The summed E-state index contributed by atoms with van der Waals surface area (Å²) in [5.41, 5.74) is -2.41. The number of fused-ring (bicyclic) bond motifs is 1. The van der Waals surface area contributed by atoms with Crippen LogP contribution in [0, 0.1) is 5.82 Å². The molecule has 2 fully saturated rings. The van der Waals surface area contributed by atoms with Crippen molar-refractivity contribution in [2.75, 3.05) is 30.9 Å². The molecule has 1 atom stereocenters. The second-order valence-corrected chi connectivity index (χ2v) is 5.70. The lowest BCUT2D eigenvalue weighted by Gasteiger charge is -2.30. The molecule has 9 heteroatoms. The van der Waals surface area contributed by atoms with Gasteiger partial charge in [0.25, 0.3) is 11.8 Å². The molecule has 136 valence electrons. The zero-order valence-electron chi connectivity index (χ0n) is 21.1. The highest BCUT2D eigenvalue weighted by Crippen LogP contribution is 2.33. The van der Waals surface area contributed by atoms with E-state index in [2.05, 4.69) is 0 Å². The maximum atomic E-state index is 15.7. The molecule has 0 spiro atoms. The van der Waals surface area contributed by atoms with Crippen LogP contribution in [-0.2, 0) is 9.59 Å². The fourth-order valence-electron chi connectivity index (χ4n) is 3.03. The number of piperidine rings is 1. The number of benzene rings is 1. The maximum absolute atomic E-state index is 15.7. The minimum absolute atomic E-state index is 0.0848. The molecular weight excluding hydrogens is 343 g/mol. The summed E-state index contributed by atoms with van der Waals surface area (Å²) in [4.78, 5) is 49.8. The molecule has 3 heterocycles. The predicted octanol–water partition coefficient (Wildman–Crippen LogP) is -0.364. The quantitative estimate of drug-likeness (QED) is 0.692. The molecule has 3 aliphatic heterocycles. The lowest BCUT2D eigenvalue weighted by atomic mass is 10.0. The lowest BCUT2D eigenvalue weighted by Crippen LogP contribution is -2.54.